The third-order valence-electron chi connectivity index (χ3n) is 6.31. The number of hydrogen-bond acceptors (Lipinski definition) is 1. The van der Waals surface area contributed by atoms with Crippen LogP contribution in [0.15, 0.2) is 18.2 Å². The van der Waals surface area contributed by atoms with Gasteiger partial charge in [-0.2, -0.15) is 0 Å². The second kappa shape index (κ2) is 5.05. The lowest BCUT2D eigenvalue weighted by Crippen LogP contribution is -2.49. The van der Waals surface area contributed by atoms with Gasteiger partial charge in [-0.1, -0.05) is 12.1 Å². The van der Waals surface area contributed by atoms with Crippen molar-refractivity contribution in [2.75, 3.05) is 7.05 Å². The van der Waals surface area contributed by atoms with Crippen molar-refractivity contribution in [3.05, 3.63) is 35.4 Å². The van der Waals surface area contributed by atoms with Crippen LogP contribution in [-0.2, 0) is 0 Å². The number of rotatable bonds is 3. The third-order valence-corrected chi connectivity index (χ3v) is 6.31. The van der Waals surface area contributed by atoms with E-state index >= 15 is 0 Å². The van der Waals surface area contributed by atoms with Crippen molar-refractivity contribution in [2.24, 2.45) is 29.6 Å². The average Bonchev–Trinajstić information content (AvgIpc) is 2.46. The zero-order valence-electron chi connectivity index (χ0n) is 12.5. The average molecular weight is 291 g/mol. The summed E-state index contributed by atoms with van der Waals surface area (Å²) >= 11 is 0. The van der Waals surface area contributed by atoms with E-state index in [1.165, 1.54) is 38.2 Å². The first-order chi connectivity index (χ1) is 10.2. The van der Waals surface area contributed by atoms with E-state index in [1.807, 2.05) is 7.05 Å². The van der Waals surface area contributed by atoms with Crippen molar-refractivity contribution in [1.82, 2.24) is 5.32 Å². The quantitative estimate of drug-likeness (QED) is 0.875. The van der Waals surface area contributed by atoms with E-state index < -0.39 is 11.6 Å². The molecule has 1 nitrogen and oxygen atoms in total. The normalized spacial score (nSPS) is 38.7. The van der Waals surface area contributed by atoms with Crippen molar-refractivity contribution >= 4 is 0 Å². The summed E-state index contributed by atoms with van der Waals surface area (Å²) < 4.78 is 27.8. The van der Waals surface area contributed by atoms with E-state index in [1.54, 1.807) is 12.1 Å². The standard InChI is InChI=1S/C18H23F2N/c1-21-18(14-3-2-4-15(19)17(14)20)16-12-6-10-5-11(8-12)9-13(16)7-10/h2-4,10-13,16,18,21H,5-9H2,1H3. The molecule has 1 aromatic rings. The molecule has 0 heterocycles. The van der Waals surface area contributed by atoms with Gasteiger partial charge in [0.15, 0.2) is 11.6 Å². The van der Waals surface area contributed by atoms with E-state index in [4.69, 9.17) is 0 Å². The van der Waals surface area contributed by atoms with Crippen molar-refractivity contribution < 1.29 is 8.78 Å². The van der Waals surface area contributed by atoms with Crippen molar-refractivity contribution in [1.29, 1.82) is 0 Å². The molecule has 0 aromatic heterocycles. The molecule has 3 heteroatoms. The molecule has 21 heavy (non-hydrogen) atoms. The maximum Gasteiger partial charge on any atom is 0.163 e. The first kappa shape index (κ1) is 13.7. The van der Waals surface area contributed by atoms with Crippen LogP contribution in [0.5, 0.6) is 0 Å². The SMILES string of the molecule is CNC(c1cccc(F)c1F)C1C2CC3CC(C2)CC1C3. The van der Waals surface area contributed by atoms with Crippen molar-refractivity contribution in [3.63, 3.8) is 0 Å². The van der Waals surface area contributed by atoms with Crippen LogP contribution in [0, 0.1) is 41.2 Å². The molecule has 114 valence electrons. The molecule has 0 saturated heterocycles. The summed E-state index contributed by atoms with van der Waals surface area (Å²) in [6, 6.07) is 4.55. The number of halogens is 2. The maximum absolute atomic E-state index is 14.2. The Labute approximate surface area is 125 Å². The molecular weight excluding hydrogens is 268 g/mol. The summed E-state index contributed by atoms with van der Waals surface area (Å²) in [6.45, 7) is 0. The second-order valence-corrected chi connectivity index (χ2v) is 7.42. The second-order valence-electron chi connectivity index (χ2n) is 7.42. The molecular formula is C18H23F2N. The Morgan fingerprint density at radius 3 is 2.19 bits per heavy atom. The summed E-state index contributed by atoms with van der Waals surface area (Å²) in [6.07, 6.45) is 6.61. The molecule has 5 rings (SSSR count). The highest BCUT2D eigenvalue weighted by Crippen LogP contribution is 2.59. The highest BCUT2D eigenvalue weighted by Gasteiger charge is 2.50. The van der Waals surface area contributed by atoms with Crippen LogP contribution in [-0.4, -0.2) is 7.05 Å². The van der Waals surface area contributed by atoms with Crippen LogP contribution in [0.4, 0.5) is 8.78 Å². The Morgan fingerprint density at radius 2 is 1.62 bits per heavy atom. The lowest BCUT2D eigenvalue weighted by atomic mass is 9.50. The van der Waals surface area contributed by atoms with Gasteiger partial charge in [-0.15, -0.1) is 0 Å². The molecule has 4 saturated carbocycles. The molecule has 1 aromatic carbocycles. The van der Waals surface area contributed by atoms with E-state index in [9.17, 15) is 8.78 Å². The molecule has 4 aliphatic rings. The first-order valence-electron chi connectivity index (χ1n) is 8.28. The topological polar surface area (TPSA) is 12.0 Å². The summed E-state index contributed by atoms with van der Waals surface area (Å²) in [5.41, 5.74) is 0.523. The Bertz CT molecular complexity index is 514. The van der Waals surface area contributed by atoms with Gasteiger partial charge in [0.25, 0.3) is 0 Å². The maximum atomic E-state index is 14.2. The number of nitrogens with one attached hydrogen (secondary N) is 1. The lowest BCUT2D eigenvalue weighted by molar-refractivity contribution is -0.0520. The molecule has 0 spiro atoms. The zero-order chi connectivity index (χ0) is 14.6. The number of benzene rings is 1. The fourth-order valence-corrected chi connectivity index (χ4v) is 5.83. The molecule has 0 aliphatic heterocycles. The van der Waals surface area contributed by atoms with Gasteiger partial charge in [0.1, 0.15) is 0 Å². The Balaban J connectivity index is 1.68. The van der Waals surface area contributed by atoms with Crippen LogP contribution < -0.4 is 5.32 Å². The van der Waals surface area contributed by atoms with Crippen LogP contribution >= 0.6 is 0 Å². The third kappa shape index (κ3) is 2.12. The van der Waals surface area contributed by atoms with Gasteiger partial charge < -0.3 is 5.32 Å². The summed E-state index contributed by atoms with van der Waals surface area (Å²) in [5, 5.41) is 3.31. The lowest BCUT2D eigenvalue weighted by Gasteiger charge is -2.56. The summed E-state index contributed by atoms with van der Waals surface area (Å²) in [7, 11) is 1.89. The van der Waals surface area contributed by atoms with Gasteiger partial charge in [0.05, 0.1) is 0 Å². The fourth-order valence-electron chi connectivity index (χ4n) is 5.83. The molecule has 1 N–H and O–H groups in total. The largest absolute Gasteiger partial charge is 0.313 e. The van der Waals surface area contributed by atoms with E-state index in [0.717, 1.165) is 11.8 Å². The minimum Gasteiger partial charge on any atom is -0.313 e. The number of hydrogen-bond donors (Lipinski definition) is 1. The molecule has 4 aliphatic carbocycles. The minimum atomic E-state index is -0.725. The van der Waals surface area contributed by atoms with Crippen LogP contribution in [0.25, 0.3) is 0 Å². The molecule has 4 bridgehead atoms. The van der Waals surface area contributed by atoms with Gasteiger partial charge in [-0.3, -0.25) is 0 Å². The highest BCUT2D eigenvalue weighted by atomic mass is 19.2. The fraction of sp³-hybridized carbons (Fsp3) is 0.667. The smallest absolute Gasteiger partial charge is 0.163 e. The molecule has 0 amide bonds. The van der Waals surface area contributed by atoms with Crippen LogP contribution in [0.2, 0.25) is 0 Å². The molecule has 1 unspecified atom stereocenters. The Hall–Kier alpha value is -0.960. The molecule has 4 fully saturated rings. The Morgan fingerprint density at radius 1 is 1.00 bits per heavy atom. The Kier molecular flexibility index (Phi) is 3.29. The van der Waals surface area contributed by atoms with Crippen molar-refractivity contribution in [2.45, 2.75) is 38.1 Å². The van der Waals surface area contributed by atoms with Gasteiger partial charge in [0, 0.05) is 11.6 Å². The van der Waals surface area contributed by atoms with Crippen molar-refractivity contribution in [3.8, 4) is 0 Å². The van der Waals surface area contributed by atoms with Gasteiger partial charge in [-0.05, 0) is 74.8 Å². The summed E-state index contributed by atoms with van der Waals surface area (Å²) in [4.78, 5) is 0. The highest BCUT2D eigenvalue weighted by molar-refractivity contribution is 5.24. The molecule has 0 radical (unpaired) electrons. The zero-order valence-corrected chi connectivity index (χ0v) is 12.5. The van der Waals surface area contributed by atoms with E-state index in [-0.39, 0.29) is 6.04 Å². The summed E-state index contributed by atoms with van der Waals surface area (Å²) in [5.74, 6) is 2.28. The van der Waals surface area contributed by atoms with Gasteiger partial charge in [-0.25, -0.2) is 8.78 Å². The van der Waals surface area contributed by atoms with Crippen LogP contribution in [0.3, 0.4) is 0 Å². The molecule has 1 atom stereocenters. The van der Waals surface area contributed by atoms with Crippen LogP contribution in [0.1, 0.15) is 43.7 Å². The minimum absolute atomic E-state index is 0.0456. The van der Waals surface area contributed by atoms with Gasteiger partial charge >= 0.3 is 0 Å². The van der Waals surface area contributed by atoms with Gasteiger partial charge in [0.2, 0.25) is 0 Å². The predicted molar refractivity (Wildman–Crippen MR) is 78.7 cm³/mol. The first-order valence-corrected chi connectivity index (χ1v) is 8.28. The van der Waals surface area contributed by atoms with E-state index in [0.29, 0.717) is 23.3 Å². The van der Waals surface area contributed by atoms with E-state index in [2.05, 4.69) is 5.32 Å². The monoisotopic (exact) mass is 291 g/mol. The predicted octanol–water partition coefficient (Wildman–Crippen LogP) is 4.30.